The van der Waals surface area contributed by atoms with Gasteiger partial charge in [0.25, 0.3) is 5.91 Å². The first-order chi connectivity index (χ1) is 10.6. The second kappa shape index (κ2) is 7.79. The van der Waals surface area contributed by atoms with Crippen LogP contribution in [0.1, 0.15) is 41.7 Å². The van der Waals surface area contributed by atoms with Crippen molar-refractivity contribution in [2.45, 2.75) is 26.3 Å². The Hall–Kier alpha value is -2.08. The molecule has 0 saturated heterocycles. The Balaban J connectivity index is 1.78. The second-order valence-electron chi connectivity index (χ2n) is 5.29. The summed E-state index contributed by atoms with van der Waals surface area (Å²) in [6, 6.07) is 7.24. The molecule has 2 aromatic heterocycles. The Morgan fingerprint density at radius 1 is 1.27 bits per heavy atom. The molecule has 2 aromatic rings. The summed E-state index contributed by atoms with van der Waals surface area (Å²) in [6.45, 7) is 4.42. The molecule has 0 spiro atoms. The van der Waals surface area contributed by atoms with Crippen LogP contribution in [0.25, 0.3) is 0 Å². The van der Waals surface area contributed by atoms with Gasteiger partial charge in [-0.25, -0.2) is 0 Å². The fraction of sp³-hybridized carbons (Fsp3) is 0.375. The first-order valence-electron chi connectivity index (χ1n) is 7.22. The van der Waals surface area contributed by atoms with Gasteiger partial charge in [-0.15, -0.1) is 11.3 Å². The number of amides is 2. The van der Waals surface area contributed by atoms with Crippen molar-refractivity contribution < 1.29 is 14.0 Å². The summed E-state index contributed by atoms with van der Waals surface area (Å²) in [5.41, 5.74) is 0. The van der Waals surface area contributed by atoms with Gasteiger partial charge in [0.1, 0.15) is 0 Å². The second-order valence-corrected chi connectivity index (χ2v) is 6.27. The number of carbonyl (C=O) groups is 2. The molecule has 0 aliphatic carbocycles. The number of thiophene rings is 1. The number of carbonyl (C=O) groups excluding carboxylic acids is 2. The van der Waals surface area contributed by atoms with Crippen LogP contribution >= 0.6 is 11.3 Å². The van der Waals surface area contributed by atoms with Gasteiger partial charge in [-0.1, -0.05) is 19.9 Å². The highest BCUT2D eigenvalue weighted by Gasteiger charge is 2.19. The Morgan fingerprint density at radius 2 is 2.09 bits per heavy atom. The van der Waals surface area contributed by atoms with Crippen LogP contribution in [0.15, 0.2) is 40.3 Å². The monoisotopic (exact) mass is 320 g/mol. The van der Waals surface area contributed by atoms with Crippen molar-refractivity contribution in [2.75, 3.05) is 6.54 Å². The molecule has 1 atom stereocenters. The van der Waals surface area contributed by atoms with Crippen LogP contribution in [0, 0.1) is 5.92 Å². The molecule has 0 fully saturated rings. The van der Waals surface area contributed by atoms with Crippen molar-refractivity contribution in [1.29, 1.82) is 0 Å². The zero-order chi connectivity index (χ0) is 15.9. The quantitative estimate of drug-likeness (QED) is 0.824. The van der Waals surface area contributed by atoms with Gasteiger partial charge < -0.3 is 15.1 Å². The predicted molar refractivity (Wildman–Crippen MR) is 85.7 cm³/mol. The Bertz CT molecular complexity index is 591. The maximum Gasteiger partial charge on any atom is 0.286 e. The molecular formula is C16H20N2O3S. The molecule has 0 unspecified atom stereocenters. The van der Waals surface area contributed by atoms with E-state index in [0.717, 1.165) is 4.88 Å². The predicted octanol–water partition coefficient (Wildman–Crippen LogP) is 2.97. The summed E-state index contributed by atoms with van der Waals surface area (Å²) in [7, 11) is 0. The molecule has 0 aromatic carbocycles. The maximum absolute atomic E-state index is 12.0. The van der Waals surface area contributed by atoms with Gasteiger partial charge in [0.2, 0.25) is 5.91 Å². The van der Waals surface area contributed by atoms with E-state index in [9.17, 15) is 9.59 Å². The zero-order valence-corrected chi connectivity index (χ0v) is 13.5. The van der Waals surface area contributed by atoms with Crippen molar-refractivity contribution in [3.8, 4) is 0 Å². The van der Waals surface area contributed by atoms with E-state index < -0.39 is 0 Å². The summed E-state index contributed by atoms with van der Waals surface area (Å²) in [5, 5.41) is 7.69. The normalized spacial score (nSPS) is 12.1. The van der Waals surface area contributed by atoms with Crippen LogP contribution in [0.2, 0.25) is 0 Å². The van der Waals surface area contributed by atoms with E-state index in [0.29, 0.717) is 5.92 Å². The molecule has 0 aliphatic rings. The average molecular weight is 320 g/mol. The standard InChI is InChI=1S/C16H20N2O3S/c1-11(2)15(13-6-4-10-22-13)18-14(19)7-8-17-16(20)12-5-3-9-21-12/h3-6,9-11,15H,7-8H2,1-2H3,(H,17,20)(H,18,19)/t15-/m0/s1. The summed E-state index contributed by atoms with van der Waals surface area (Å²) in [6.07, 6.45) is 1.68. The largest absolute Gasteiger partial charge is 0.459 e. The van der Waals surface area contributed by atoms with E-state index in [1.165, 1.54) is 6.26 Å². The third-order valence-corrected chi connectivity index (χ3v) is 4.17. The van der Waals surface area contributed by atoms with Gasteiger partial charge in [0.05, 0.1) is 12.3 Å². The van der Waals surface area contributed by atoms with Gasteiger partial charge >= 0.3 is 0 Å². The average Bonchev–Trinajstić information content (AvgIpc) is 3.17. The van der Waals surface area contributed by atoms with Gasteiger partial charge in [-0.05, 0) is 29.5 Å². The van der Waals surface area contributed by atoms with Crippen molar-refractivity contribution >= 4 is 23.2 Å². The summed E-state index contributed by atoms with van der Waals surface area (Å²) in [5.74, 6) is 0.169. The van der Waals surface area contributed by atoms with E-state index in [4.69, 9.17) is 4.42 Å². The Morgan fingerprint density at radius 3 is 2.68 bits per heavy atom. The van der Waals surface area contributed by atoms with Crippen molar-refractivity contribution in [3.63, 3.8) is 0 Å². The van der Waals surface area contributed by atoms with E-state index in [2.05, 4.69) is 24.5 Å². The van der Waals surface area contributed by atoms with Gasteiger partial charge in [0, 0.05) is 17.8 Å². The molecule has 0 aliphatic heterocycles. The number of furan rings is 1. The highest BCUT2D eigenvalue weighted by atomic mass is 32.1. The van der Waals surface area contributed by atoms with Crippen molar-refractivity contribution in [2.24, 2.45) is 5.92 Å². The lowest BCUT2D eigenvalue weighted by molar-refractivity contribution is -0.122. The molecular weight excluding hydrogens is 300 g/mol. The molecule has 6 heteroatoms. The highest BCUT2D eigenvalue weighted by molar-refractivity contribution is 7.10. The van der Waals surface area contributed by atoms with E-state index >= 15 is 0 Å². The molecule has 2 amide bonds. The van der Waals surface area contributed by atoms with E-state index in [1.54, 1.807) is 23.5 Å². The summed E-state index contributed by atoms with van der Waals surface area (Å²) < 4.78 is 4.99. The number of rotatable bonds is 7. The van der Waals surface area contributed by atoms with Crippen molar-refractivity contribution in [1.82, 2.24) is 10.6 Å². The lowest BCUT2D eigenvalue weighted by Gasteiger charge is -2.21. The van der Waals surface area contributed by atoms with E-state index in [1.807, 2.05) is 17.5 Å². The zero-order valence-electron chi connectivity index (χ0n) is 12.7. The molecule has 2 N–H and O–H groups in total. The minimum Gasteiger partial charge on any atom is -0.459 e. The minimum atomic E-state index is -0.309. The maximum atomic E-state index is 12.0. The van der Waals surface area contributed by atoms with Crippen LogP contribution in [-0.2, 0) is 4.79 Å². The van der Waals surface area contributed by atoms with Crippen LogP contribution in [0.5, 0.6) is 0 Å². The molecule has 22 heavy (non-hydrogen) atoms. The number of nitrogens with one attached hydrogen (secondary N) is 2. The fourth-order valence-corrected chi connectivity index (χ4v) is 3.01. The molecule has 0 radical (unpaired) electrons. The fourth-order valence-electron chi connectivity index (χ4n) is 2.06. The summed E-state index contributed by atoms with van der Waals surface area (Å²) >= 11 is 1.63. The lowest BCUT2D eigenvalue weighted by Crippen LogP contribution is -2.34. The third kappa shape index (κ3) is 4.46. The Labute approximate surface area is 133 Å². The molecule has 5 nitrogen and oxygen atoms in total. The number of hydrogen-bond donors (Lipinski definition) is 2. The first-order valence-corrected chi connectivity index (χ1v) is 8.10. The minimum absolute atomic E-state index is 0.00766. The number of hydrogen-bond acceptors (Lipinski definition) is 4. The Kier molecular flexibility index (Phi) is 5.77. The summed E-state index contributed by atoms with van der Waals surface area (Å²) in [4.78, 5) is 24.9. The van der Waals surface area contributed by atoms with Crippen molar-refractivity contribution in [3.05, 3.63) is 46.5 Å². The van der Waals surface area contributed by atoms with Crippen LogP contribution < -0.4 is 10.6 Å². The molecule has 2 rings (SSSR count). The molecule has 118 valence electrons. The molecule has 2 heterocycles. The topological polar surface area (TPSA) is 71.3 Å². The molecule has 0 bridgehead atoms. The van der Waals surface area contributed by atoms with Crippen LogP contribution in [0.4, 0.5) is 0 Å². The SMILES string of the molecule is CC(C)[C@H](NC(=O)CCNC(=O)c1ccco1)c1cccs1. The third-order valence-electron chi connectivity index (χ3n) is 3.22. The van der Waals surface area contributed by atoms with Crippen LogP contribution in [-0.4, -0.2) is 18.4 Å². The van der Waals surface area contributed by atoms with E-state index in [-0.39, 0.29) is 36.6 Å². The smallest absolute Gasteiger partial charge is 0.286 e. The van der Waals surface area contributed by atoms with Gasteiger partial charge in [-0.2, -0.15) is 0 Å². The lowest BCUT2D eigenvalue weighted by atomic mass is 10.0. The first kappa shape index (κ1) is 16.3. The molecule has 0 saturated carbocycles. The van der Waals surface area contributed by atoms with Gasteiger partial charge in [-0.3, -0.25) is 9.59 Å². The van der Waals surface area contributed by atoms with Gasteiger partial charge in [0.15, 0.2) is 5.76 Å². The van der Waals surface area contributed by atoms with Crippen LogP contribution in [0.3, 0.4) is 0 Å². The highest BCUT2D eigenvalue weighted by Crippen LogP contribution is 2.25.